The number of carbonyl (C=O) groups is 1. The van der Waals surface area contributed by atoms with Crippen molar-refractivity contribution < 1.29 is 19.7 Å². The lowest BCUT2D eigenvalue weighted by Gasteiger charge is -2.09. The van der Waals surface area contributed by atoms with E-state index in [2.05, 4.69) is 20.3 Å². The molecule has 0 aliphatic carbocycles. The van der Waals surface area contributed by atoms with E-state index < -0.39 is 17.5 Å². The fourth-order valence-electron chi connectivity index (χ4n) is 2.08. The molecule has 9 heteroatoms. The molecule has 8 nitrogen and oxygen atoms in total. The predicted molar refractivity (Wildman–Crippen MR) is 90.6 cm³/mol. The van der Waals surface area contributed by atoms with Crippen LogP contribution in [-0.4, -0.2) is 38.2 Å². The van der Waals surface area contributed by atoms with Gasteiger partial charge in [-0.25, -0.2) is 9.97 Å². The van der Waals surface area contributed by atoms with Gasteiger partial charge in [0.2, 0.25) is 5.75 Å². The van der Waals surface area contributed by atoms with E-state index >= 15 is 0 Å². The number of nitrogens with zero attached hydrogens (tertiary/aromatic N) is 3. The Balaban J connectivity index is 1.81. The number of hydrogen-bond acceptors (Lipinski definition) is 8. The number of aromatic nitrogens is 3. The number of rotatable bonds is 5. The first-order valence-electron chi connectivity index (χ1n) is 7.19. The van der Waals surface area contributed by atoms with Gasteiger partial charge in [-0.2, -0.15) is 4.98 Å². The van der Waals surface area contributed by atoms with Crippen molar-refractivity contribution in [2.45, 2.75) is 6.54 Å². The van der Waals surface area contributed by atoms with Crippen LogP contribution in [0.5, 0.6) is 17.4 Å². The number of benzene rings is 1. The molecule has 3 N–H and O–H groups in total. The van der Waals surface area contributed by atoms with Crippen molar-refractivity contribution in [1.82, 2.24) is 20.3 Å². The Kier molecular flexibility index (Phi) is 4.75. The quantitative estimate of drug-likeness (QED) is 0.638. The van der Waals surface area contributed by atoms with E-state index in [1.165, 1.54) is 11.3 Å². The van der Waals surface area contributed by atoms with Crippen molar-refractivity contribution in [1.29, 1.82) is 0 Å². The van der Waals surface area contributed by atoms with Crippen LogP contribution < -0.4 is 10.1 Å². The third-order valence-electron chi connectivity index (χ3n) is 3.29. The second-order valence-electron chi connectivity index (χ2n) is 4.94. The first-order chi connectivity index (χ1) is 12.1. The summed E-state index contributed by atoms with van der Waals surface area (Å²) in [6.45, 7) is 0.201. The number of thiazole rings is 1. The fraction of sp³-hybridized carbons (Fsp3) is 0.125. The maximum Gasteiger partial charge on any atom is 0.274 e. The Bertz CT molecular complexity index is 899. The first kappa shape index (κ1) is 16.7. The van der Waals surface area contributed by atoms with Crippen LogP contribution in [0.15, 0.2) is 35.8 Å². The molecule has 0 unspecified atom stereocenters. The molecular weight excluding hydrogens is 344 g/mol. The second-order valence-corrected chi connectivity index (χ2v) is 5.83. The largest absolute Gasteiger partial charge is 0.501 e. The molecule has 0 bridgehead atoms. The van der Waals surface area contributed by atoms with Gasteiger partial charge in [0.05, 0.1) is 7.11 Å². The highest BCUT2D eigenvalue weighted by atomic mass is 32.1. The third kappa shape index (κ3) is 3.66. The normalized spacial score (nSPS) is 10.4. The number of hydrogen-bond donors (Lipinski definition) is 3. The van der Waals surface area contributed by atoms with Crippen molar-refractivity contribution in [2.75, 3.05) is 7.11 Å². The Morgan fingerprint density at radius 1 is 1.32 bits per heavy atom. The Morgan fingerprint density at radius 2 is 2.16 bits per heavy atom. The van der Waals surface area contributed by atoms with E-state index in [1.54, 1.807) is 36.9 Å². The van der Waals surface area contributed by atoms with Crippen LogP contribution in [0, 0.1) is 0 Å². The summed E-state index contributed by atoms with van der Waals surface area (Å²) in [6.07, 6.45) is 1.55. The van der Waals surface area contributed by atoms with Crippen molar-refractivity contribution >= 4 is 17.2 Å². The van der Waals surface area contributed by atoms with Gasteiger partial charge in [-0.3, -0.25) is 4.79 Å². The van der Waals surface area contributed by atoms with E-state index in [9.17, 15) is 15.0 Å². The topological polar surface area (TPSA) is 117 Å². The average Bonchev–Trinajstić information content (AvgIpc) is 3.16. The lowest BCUT2D eigenvalue weighted by Crippen LogP contribution is -2.24. The maximum atomic E-state index is 12.3. The molecule has 1 amide bonds. The van der Waals surface area contributed by atoms with Crippen LogP contribution >= 0.6 is 11.3 Å². The minimum atomic E-state index is -0.677. The Hall–Kier alpha value is -3.20. The third-order valence-corrected chi connectivity index (χ3v) is 4.06. The van der Waals surface area contributed by atoms with Gasteiger partial charge in [0.15, 0.2) is 16.5 Å². The van der Waals surface area contributed by atoms with Crippen LogP contribution in [0.1, 0.15) is 16.1 Å². The van der Waals surface area contributed by atoms with E-state index in [0.717, 1.165) is 5.56 Å². The molecule has 0 aliphatic rings. The van der Waals surface area contributed by atoms with Gasteiger partial charge in [-0.05, 0) is 17.7 Å². The fourth-order valence-corrected chi connectivity index (χ4v) is 2.65. The highest BCUT2D eigenvalue weighted by Crippen LogP contribution is 2.29. The summed E-state index contributed by atoms with van der Waals surface area (Å²) in [7, 11) is 1.56. The summed E-state index contributed by atoms with van der Waals surface area (Å²) in [5.74, 6) is -1.26. The van der Waals surface area contributed by atoms with Crippen LogP contribution in [0.4, 0.5) is 0 Å². The molecule has 25 heavy (non-hydrogen) atoms. The molecule has 0 spiro atoms. The zero-order valence-corrected chi connectivity index (χ0v) is 13.9. The highest BCUT2D eigenvalue weighted by Gasteiger charge is 2.21. The van der Waals surface area contributed by atoms with Crippen LogP contribution in [0.2, 0.25) is 0 Å². The van der Waals surface area contributed by atoms with Gasteiger partial charge in [-0.1, -0.05) is 12.1 Å². The standard InChI is InChI=1S/C16H14N4O4S/c1-24-10-4-2-3-9(7-10)8-18-14(22)11-12(21)15(23)20-13(19-11)16-17-5-6-25-16/h2-7,21H,8H2,1H3,(H,18,22)(H,19,20,23). The minimum Gasteiger partial charge on any atom is -0.501 e. The van der Waals surface area contributed by atoms with Crippen molar-refractivity contribution in [2.24, 2.45) is 0 Å². The van der Waals surface area contributed by atoms with Crippen molar-refractivity contribution in [3.05, 3.63) is 47.1 Å². The van der Waals surface area contributed by atoms with Gasteiger partial charge < -0.3 is 20.3 Å². The predicted octanol–water partition coefficient (Wildman–Crippen LogP) is 1.95. The molecule has 0 radical (unpaired) electrons. The molecule has 128 valence electrons. The first-order valence-corrected chi connectivity index (χ1v) is 8.07. The van der Waals surface area contributed by atoms with Gasteiger partial charge in [0.1, 0.15) is 5.75 Å². The second kappa shape index (κ2) is 7.14. The van der Waals surface area contributed by atoms with E-state index in [-0.39, 0.29) is 18.1 Å². The molecule has 0 atom stereocenters. The summed E-state index contributed by atoms with van der Waals surface area (Å²) in [5, 5.41) is 24.4. The van der Waals surface area contributed by atoms with Crippen LogP contribution in [0.3, 0.4) is 0 Å². The zero-order chi connectivity index (χ0) is 17.8. The van der Waals surface area contributed by atoms with Crippen molar-refractivity contribution in [3.63, 3.8) is 0 Å². The number of amides is 1. The molecule has 1 aromatic carbocycles. The molecule has 0 fully saturated rings. The molecular formula is C16H14N4O4S. The number of nitrogens with one attached hydrogen (secondary N) is 1. The van der Waals surface area contributed by atoms with E-state index in [4.69, 9.17) is 4.74 Å². The molecule has 3 aromatic rings. The molecule has 0 aliphatic heterocycles. The molecule has 2 heterocycles. The number of carbonyl (C=O) groups excluding carboxylic acids is 1. The number of aromatic hydroxyl groups is 2. The van der Waals surface area contributed by atoms with Gasteiger partial charge in [0, 0.05) is 18.1 Å². The average molecular weight is 358 g/mol. The summed E-state index contributed by atoms with van der Waals surface area (Å²) in [5.41, 5.74) is 0.492. The Morgan fingerprint density at radius 3 is 2.88 bits per heavy atom. The van der Waals surface area contributed by atoms with Gasteiger partial charge in [0.25, 0.3) is 11.8 Å². The molecule has 0 saturated carbocycles. The van der Waals surface area contributed by atoms with Crippen LogP contribution in [-0.2, 0) is 6.54 Å². The lowest BCUT2D eigenvalue weighted by atomic mass is 10.2. The summed E-state index contributed by atoms with van der Waals surface area (Å²) in [4.78, 5) is 24.1. The highest BCUT2D eigenvalue weighted by molar-refractivity contribution is 7.13. The monoisotopic (exact) mass is 358 g/mol. The minimum absolute atomic E-state index is 0.0665. The van der Waals surface area contributed by atoms with Crippen molar-refractivity contribution in [3.8, 4) is 28.2 Å². The molecule has 2 aromatic heterocycles. The maximum absolute atomic E-state index is 12.3. The van der Waals surface area contributed by atoms with E-state index in [0.29, 0.717) is 10.8 Å². The summed E-state index contributed by atoms with van der Waals surface area (Å²) < 4.78 is 5.13. The van der Waals surface area contributed by atoms with Crippen LogP contribution in [0.25, 0.3) is 10.8 Å². The van der Waals surface area contributed by atoms with Gasteiger partial charge in [-0.15, -0.1) is 11.3 Å². The lowest BCUT2D eigenvalue weighted by molar-refractivity contribution is 0.0942. The zero-order valence-electron chi connectivity index (χ0n) is 13.1. The number of methoxy groups -OCH3 is 1. The smallest absolute Gasteiger partial charge is 0.274 e. The molecule has 0 saturated heterocycles. The summed E-state index contributed by atoms with van der Waals surface area (Å²) >= 11 is 1.25. The molecule has 3 rings (SSSR count). The SMILES string of the molecule is COc1cccc(CNC(=O)c2nc(-c3nccs3)nc(O)c2O)c1. The Labute approximate surface area is 146 Å². The number of ether oxygens (including phenoxy) is 1. The van der Waals surface area contributed by atoms with E-state index in [1.807, 2.05) is 6.07 Å². The summed E-state index contributed by atoms with van der Waals surface area (Å²) in [6, 6.07) is 7.19. The van der Waals surface area contributed by atoms with Gasteiger partial charge >= 0.3 is 0 Å².